The standard InChI is InChI=1S/C38H46ClN7O5/c1-44(2)18-14-33(47)42-26-11-13-29-31(22-26)41-24-46(37(29)50)23-38(51)15-19-45(20-16-38)34(48)9-5-6-17-40-36(49)25-10-12-28-32(21-25)43-30-8-4-3-7-27(30)35(28)39/h10-13,21-22,24,51H,3-9,14-20,23H2,1-2H3,(H,40,49)(H,42,47). The summed E-state index contributed by atoms with van der Waals surface area (Å²) in [5, 5.41) is 19.2. The number of carbonyl (C=O) groups excluding carboxylic acids is 3. The summed E-state index contributed by atoms with van der Waals surface area (Å²) in [4.78, 5) is 64.2. The maximum absolute atomic E-state index is 13.3. The number of aryl methyl sites for hydroxylation is 1. The Morgan fingerprint density at radius 3 is 2.53 bits per heavy atom. The van der Waals surface area contributed by atoms with Crippen molar-refractivity contribution < 1.29 is 19.5 Å². The molecular formula is C38H46ClN7O5. The molecule has 13 heteroatoms. The number of benzene rings is 2. The average Bonchev–Trinajstić information content (AvgIpc) is 3.12. The van der Waals surface area contributed by atoms with Gasteiger partial charge in [0.15, 0.2) is 0 Å². The van der Waals surface area contributed by atoms with E-state index in [0.29, 0.717) is 86.9 Å². The highest BCUT2D eigenvalue weighted by Gasteiger charge is 2.34. The van der Waals surface area contributed by atoms with Gasteiger partial charge in [0.25, 0.3) is 11.5 Å². The van der Waals surface area contributed by atoms with Crippen LogP contribution < -0.4 is 16.2 Å². The summed E-state index contributed by atoms with van der Waals surface area (Å²) in [6, 6.07) is 10.4. The van der Waals surface area contributed by atoms with Gasteiger partial charge >= 0.3 is 0 Å². The molecule has 1 aliphatic heterocycles. The van der Waals surface area contributed by atoms with Crippen LogP contribution in [0.2, 0.25) is 5.02 Å². The van der Waals surface area contributed by atoms with Crippen LogP contribution in [0.5, 0.6) is 0 Å². The zero-order valence-corrected chi connectivity index (χ0v) is 30.1. The van der Waals surface area contributed by atoms with Crippen molar-refractivity contribution in [2.75, 3.05) is 45.6 Å². The summed E-state index contributed by atoms with van der Waals surface area (Å²) in [6.45, 7) is 1.93. The lowest BCUT2D eigenvalue weighted by molar-refractivity contribution is -0.136. The molecule has 0 radical (unpaired) electrons. The number of amides is 3. The molecule has 2 aromatic heterocycles. The minimum Gasteiger partial charge on any atom is -0.388 e. The Labute approximate surface area is 302 Å². The van der Waals surface area contributed by atoms with Crippen molar-refractivity contribution in [3.05, 3.63) is 74.9 Å². The van der Waals surface area contributed by atoms with Crippen LogP contribution in [-0.4, -0.2) is 93.0 Å². The molecule has 4 aromatic rings. The molecule has 2 aromatic carbocycles. The Morgan fingerprint density at radius 2 is 1.75 bits per heavy atom. The van der Waals surface area contributed by atoms with Gasteiger partial charge in [0.05, 0.1) is 39.9 Å². The van der Waals surface area contributed by atoms with E-state index < -0.39 is 5.60 Å². The monoisotopic (exact) mass is 715 g/mol. The molecule has 0 unspecified atom stereocenters. The van der Waals surface area contributed by atoms with E-state index in [9.17, 15) is 24.3 Å². The van der Waals surface area contributed by atoms with E-state index in [1.54, 1.807) is 35.2 Å². The molecule has 2 aliphatic rings. The third-order valence-electron chi connectivity index (χ3n) is 9.96. The highest BCUT2D eigenvalue weighted by atomic mass is 35.5. The van der Waals surface area contributed by atoms with Gasteiger partial charge in [-0.3, -0.25) is 28.7 Å². The summed E-state index contributed by atoms with van der Waals surface area (Å²) in [5.74, 6) is -0.288. The molecule has 51 heavy (non-hydrogen) atoms. The van der Waals surface area contributed by atoms with Crippen molar-refractivity contribution in [2.45, 2.75) is 76.4 Å². The van der Waals surface area contributed by atoms with E-state index in [2.05, 4.69) is 15.6 Å². The minimum atomic E-state index is -1.15. The first-order valence-electron chi connectivity index (χ1n) is 17.8. The number of pyridine rings is 1. The predicted octanol–water partition coefficient (Wildman–Crippen LogP) is 4.32. The van der Waals surface area contributed by atoms with Gasteiger partial charge in [0.2, 0.25) is 11.8 Å². The zero-order valence-electron chi connectivity index (χ0n) is 29.3. The quantitative estimate of drug-likeness (QED) is 0.184. The molecule has 0 bridgehead atoms. The van der Waals surface area contributed by atoms with Gasteiger partial charge in [-0.2, -0.15) is 0 Å². The van der Waals surface area contributed by atoms with Gasteiger partial charge in [0, 0.05) is 61.4 Å². The largest absolute Gasteiger partial charge is 0.388 e. The second-order valence-corrected chi connectivity index (χ2v) is 14.5. The second kappa shape index (κ2) is 15.9. The third kappa shape index (κ3) is 8.74. The number of hydrogen-bond donors (Lipinski definition) is 3. The molecule has 0 saturated carbocycles. The normalized spacial score (nSPS) is 15.6. The number of carbonyl (C=O) groups is 3. The zero-order chi connectivity index (χ0) is 36.1. The van der Waals surface area contributed by atoms with Gasteiger partial charge in [0.1, 0.15) is 0 Å². The number of fused-ring (bicyclic) bond motifs is 3. The number of piperidine rings is 1. The minimum absolute atomic E-state index is 0.0124. The molecule has 270 valence electrons. The molecule has 1 saturated heterocycles. The summed E-state index contributed by atoms with van der Waals surface area (Å²) >= 11 is 6.68. The molecule has 6 rings (SSSR count). The van der Waals surface area contributed by atoms with Gasteiger partial charge < -0.3 is 25.5 Å². The molecule has 3 N–H and O–H groups in total. The average molecular weight is 716 g/mol. The third-order valence-corrected chi connectivity index (χ3v) is 10.4. The Morgan fingerprint density at radius 1 is 0.980 bits per heavy atom. The first-order chi connectivity index (χ1) is 24.5. The van der Waals surface area contributed by atoms with E-state index in [-0.39, 0.29) is 29.8 Å². The highest BCUT2D eigenvalue weighted by Crippen LogP contribution is 2.33. The number of anilines is 1. The maximum atomic E-state index is 13.3. The Hall–Kier alpha value is -4.39. The molecule has 12 nitrogen and oxygen atoms in total. The molecule has 0 atom stereocenters. The van der Waals surface area contributed by atoms with Crippen LogP contribution in [0, 0.1) is 0 Å². The van der Waals surface area contributed by atoms with E-state index in [0.717, 1.165) is 52.9 Å². The number of hydrogen-bond acceptors (Lipinski definition) is 8. The molecular weight excluding hydrogens is 670 g/mol. The second-order valence-electron chi connectivity index (χ2n) is 14.1. The Bertz CT molecular complexity index is 2000. The fraction of sp³-hybridized carbons (Fsp3) is 0.474. The molecule has 1 fully saturated rings. The first kappa shape index (κ1) is 36.4. The number of nitrogens with zero attached hydrogens (tertiary/aromatic N) is 5. The number of aliphatic hydroxyl groups is 1. The van der Waals surface area contributed by atoms with Crippen molar-refractivity contribution in [1.82, 2.24) is 29.7 Å². The summed E-state index contributed by atoms with van der Waals surface area (Å²) < 4.78 is 1.42. The van der Waals surface area contributed by atoms with E-state index in [1.807, 2.05) is 25.1 Å². The van der Waals surface area contributed by atoms with Crippen molar-refractivity contribution in [3.8, 4) is 0 Å². The van der Waals surface area contributed by atoms with Crippen LogP contribution in [0.3, 0.4) is 0 Å². The first-order valence-corrected chi connectivity index (χ1v) is 18.2. The molecule has 1 aliphatic carbocycles. The van der Waals surface area contributed by atoms with Gasteiger partial charge in [-0.25, -0.2) is 4.98 Å². The van der Waals surface area contributed by atoms with Crippen molar-refractivity contribution >= 4 is 56.8 Å². The SMILES string of the molecule is CN(C)CCC(=O)Nc1ccc2c(=O)n(CC3(O)CCN(C(=O)CCCCNC(=O)c4ccc5c(Cl)c6c(nc5c4)CCCC6)CC3)cnc2c1. The lowest BCUT2D eigenvalue weighted by Gasteiger charge is -2.38. The topological polar surface area (TPSA) is 150 Å². The van der Waals surface area contributed by atoms with Crippen LogP contribution in [0.25, 0.3) is 21.8 Å². The Balaban J connectivity index is 0.937. The Kier molecular flexibility index (Phi) is 11.3. The number of rotatable bonds is 12. The summed E-state index contributed by atoms with van der Waals surface area (Å²) in [6.07, 6.45) is 8.16. The van der Waals surface area contributed by atoms with E-state index in [1.165, 1.54) is 10.9 Å². The number of halogens is 1. The highest BCUT2D eigenvalue weighted by molar-refractivity contribution is 6.36. The lowest BCUT2D eigenvalue weighted by atomic mass is 9.91. The van der Waals surface area contributed by atoms with Crippen LogP contribution in [0.1, 0.15) is 73.0 Å². The molecule has 3 heterocycles. The number of aromatic nitrogens is 3. The van der Waals surface area contributed by atoms with E-state index >= 15 is 0 Å². The number of nitrogens with one attached hydrogen (secondary N) is 2. The lowest BCUT2D eigenvalue weighted by Crippen LogP contribution is -2.49. The smallest absolute Gasteiger partial charge is 0.261 e. The summed E-state index contributed by atoms with van der Waals surface area (Å²) in [7, 11) is 3.80. The fourth-order valence-corrected chi connectivity index (χ4v) is 7.28. The van der Waals surface area contributed by atoms with Gasteiger partial charge in [-0.05, 0) is 101 Å². The van der Waals surface area contributed by atoms with Gasteiger partial charge in [-0.1, -0.05) is 17.7 Å². The van der Waals surface area contributed by atoms with Gasteiger partial charge in [-0.15, -0.1) is 0 Å². The van der Waals surface area contributed by atoms with Crippen molar-refractivity contribution in [3.63, 3.8) is 0 Å². The number of likely N-dealkylation sites (tertiary alicyclic amines) is 1. The molecule has 3 amide bonds. The number of unbranched alkanes of at least 4 members (excludes halogenated alkanes) is 1. The fourth-order valence-electron chi connectivity index (χ4n) is 6.92. The van der Waals surface area contributed by atoms with Crippen LogP contribution in [0.4, 0.5) is 5.69 Å². The maximum Gasteiger partial charge on any atom is 0.261 e. The predicted molar refractivity (Wildman–Crippen MR) is 198 cm³/mol. The van der Waals surface area contributed by atoms with Crippen LogP contribution >= 0.6 is 11.6 Å². The summed E-state index contributed by atoms with van der Waals surface area (Å²) in [5.41, 5.74) is 3.04. The van der Waals surface area contributed by atoms with Crippen molar-refractivity contribution in [1.29, 1.82) is 0 Å². The van der Waals surface area contributed by atoms with Crippen molar-refractivity contribution in [2.24, 2.45) is 0 Å². The molecule has 0 spiro atoms. The van der Waals surface area contributed by atoms with Crippen LogP contribution in [0.15, 0.2) is 47.5 Å². The van der Waals surface area contributed by atoms with E-state index in [4.69, 9.17) is 16.6 Å². The van der Waals surface area contributed by atoms with Crippen LogP contribution in [-0.2, 0) is 29.0 Å².